The van der Waals surface area contributed by atoms with Crippen LogP contribution in [0.25, 0.3) is 0 Å². The van der Waals surface area contributed by atoms with Gasteiger partial charge in [-0.2, -0.15) is 0 Å². The number of carbonyl (C=O) groups is 1. The highest BCUT2D eigenvalue weighted by Crippen LogP contribution is 2.24. The molecule has 3 rings (SSSR count). The Bertz CT molecular complexity index is 734. The van der Waals surface area contributed by atoms with Crippen LogP contribution in [0.1, 0.15) is 46.8 Å². The number of rotatable bonds is 4. The van der Waals surface area contributed by atoms with Crippen molar-refractivity contribution in [1.29, 1.82) is 0 Å². The summed E-state index contributed by atoms with van der Waals surface area (Å²) in [6.45, 7) is 5.16. The van der Waals surface area contributed by atoms with Crippen molar-refractivity contribution in [2.45, 2.75) is 39.5 Å². The first-order valence-corrected chi connectivity index (χ1v) is 9.16. The van der Waals surface area contributed by atoms with Gasteiger partial charge in [-0.1, -0.05) is 5.16 Å². The van der Waals surface area contributed by atoms with E-state index in [1.54, 1.807) is 6.92 Å². The van der Waals surface area contributed by atoms with Gasteiger partial charge in [0.25, 0.3) is 5.91 Å². The molecular weight excluding hydrogens is 330 g/mol. The van der Waals surface area contributed by atoms with Crippen LogP contribution in [0.4, 0.5) is 5.82 Å². The van der Waals surface area contributed by atoms with Gasteiger partial charge in [0.2, 0.25) is 0 Å². The molecule has 2 aromatic heterocycles. The first-order valence-electron chi connectivity index (χ1n) is 9.16. The van der Waals surface area contributed by atoms with Gasteiger partial charge in [-0.05, 0) is 45.4 Å². The molecule has 7 heteroatoms. The Hall–Kier alpha value is -2.44. The van der Waals surface area contributed by atoms with Crippen molar-refractivity contribution in [3.8, 4) is 0 Å². The van der Waals surface area contributed by atoms with Crippen LogP contribution in [0.2, 0.25) is 0 Å². The zero-order chi connectivity index (χ0) is 18.7. The highest BCUT2D eigenvalue weighted by molar-refractivity contribution is 5.96. The number of hydrogen-bond acceptors (Lipinski definition) is 6. The van der Waals surface area contributed by atoms with E-state index in [0.29, 0.717) is 22.9 Å². The van der Waals surface area contributed by atoms with Gasteiger partial charge in [0.15, 0.2) is 0 Å². The third kappa shape index (κ3) is 4.03. The Kier molecular flexibility index (Phi) is 5.54. The molecule has 140 valence electrons. The lowest BCUT2D eigenvalue weighted by Gasteiger charge is -2.20. The lowest BCUT2D eigenvalue weighted by atomic mass is 9.95. The SMILES string of the molecule is Cc1noc(C)c1C(=O)N1CCC[C@@H](Cc2cnc(N(C)C)cn2)CC1. The summed E-state index contributed by atoms with van der Waals surface area (Å²) in [5, 5.41) is 3.90. The number of carbonyl (C=O) groups excluding carboxylic acids is 1. The van der Waals surface area contributed by atoms with Gasteiger partial charge >= 0.3 is 0 Å². The maximum absolute atomic E-state index is 12.8. The van der Waals surface area contributed by atoms with Crippen LogP contribution in [0.3, 0.4) is 0 Å². The summed E-state index contributed by atoms with van der Waals surface area (Å²) in [6.07, 6.45) is 7.68. The summed E-state index contributed by atoms with van der Waals surface area (Å²) in [6, 6.07) is 0. The summed E-state index contributed by atoms with van der Waals surface area (Å²) >= 11 is 0. The molecule has 0 spiro atoms. The molecule has 1 aliphatic rings. The van der Waals surface area contributed by atoms with E-state index < -0.39 is 0 Å². The zero-order valence-corrected chi connectivity index (χ0v) is 16.0. The van der Waals surface area contributed by atoms with Gasteiger partial charge in [-0.15, -0.1) is 0 Å². The molecule has 0 unspecified atom stereocenters. The molecule has 0 saturated carbocycles. The van der Waals surface area contributed by atoms with Crippen molar-refractivity contribution < 1.29 is 9.32 Å². The van der Waals surface area contributed by atoms with E-state index >= 15 is 0 Å². The minimum atomic E-state index is 0.0389. The van der Waals surface area contributed by atoms with Crippen LogP contribution in [0.15, 0.2) is 16.9 Å². The number of nitrogens with zero attached hydrogens (tertiary/aromatic N) is 5. The lowest BCUT2D eigenvalue weighted by molar-refractivity contribution is 0.0757. The van der Waals surface area contributed by atoms with Crippen LogP contribution in [-0.2, 0) is 6.42 Å². The van der Waals surface area contributed by atoms with Crippen LogP contribution in [0, 0.1) is 19.8 Å². The standard InChI is InChI=1S/C19H27N5O2/c1-13-18(14(2)26-22-13)19(25)24-8-5-6-15(7-9-24)10-16-11-21-17(12-20-16)23(3)4/h11-12,15H,5-10H2,1-4H3/t15-/m1/s1. The van der Waals surface area contributed by atoms with Gasteiger partial charge < -0.3 is 14.3 Å². The zero-order valence-electron chi connectivity index (χ0n) is 16.0. The summed E-state index contributed by atoms with van der Waals surface area (Å²) in [5.41, 5.74) is 2.31. The predicted octanol–water partition coefficient (Wildman–Crippen LogP) is 2.63. The summed E-state index contributed by atoms with van der Waals surface area (Å²) in [7, 11) is 3.92. The lowest BCUT2D eigenvalue weighted by Crippen LogP contribution is -2.32. The number of aromatic nitrogens is 3. The molecule has 1 saturated heterocycles. The quantitative estimate of drug-likeness (QED) is 0.837. The second kappa shape index (κ2) is 7.85. The van der Waals surface area contributed by atoms with Crippen LogP contribution < -0.4 is 4.90 Å². The minimum absolute atomic E-state index is 0.0389. The van der Waals surface area contributed by atoms with E-state index in [9.17, 15) is 4.79 Å². The fourth-order valence-corrected chi connectivity index (χ4v) is 3.50. The van der Waals surface area contributed by atoms with Gasteiger partial charge in [-0.25, -0.2) is 4.98 Å². The average Bonchev–Trinajstić information content (AvgIpc) is 2.82. The number of aryl methyl sites for hydroxylation is 2. The summed E-state index contributed by atoms with van der Waals surface area (Å²) in [5.74, 6) is 2.03. The maximum Gasteiger partial charge on any atom is 0.259 e. The maximum atomic E-state index is 12.8. The highest BCUT2D eigenvalue weighted by atomic mass is 16.5. The highest BCUT2D eigenvalue weighted by Gasteiger charge is 2.26. The van der Waals surface area contributed by atoms with E-state index in [2.05, 4.69) is 15.1 Å². The molecule has 2 aromatic rings. The first kappa shape index (κ1) is 18.4. The summed E-state index contributed by atoms with van der Waals surface area (Å²) < 4.78 is 5.15. The van der Waals surface area contributed by atoms with Gasteiger partial charge in [0, 0.05) is 27.2 Å². The van der Waals surface area contributed by atoms with E-state index in [-0.39, 0.29) is 5.91 Å². The fourth-order valence-electron chi connectivity index (χ4n) is 3.50. The van der Waals surface area contributed by atoms with Crippen molar-refractivity contribution in [1.82, 2.24) is 20.0 Å². The molecule has 0 bridgehead atoms. The molecule has 1 amide bonds. The van der Waals surface area contributed by atoms with Crippen LogP contribution in [-0.4, -0.2) is 53.1 Å². The topological polar surface area (TPSA) is 75.4 Å². The first-order chi connectivity index (χ1) is 12.5. The smallest absolute Gasteiger partial charge is 0.259 e. The third-order valence-electron chi connectivity index (χ3n) is 5.03. The van der Waals surface area contributed by atoms with Gasteiger partial charge in [-0.3, -0.25) is 9.78 Å². The van der Waals surface area contributed by atoms with E-state index in [4.69, 9.17) is 4.52 Å². The van der Waals surface area contributed by atoms with E-state index in [0.717, 1.165) is 50.3 Å². The van der Waals surface area contributed by atoms with Crippen LogP contribution >= 0.6 is 0 Å². The molecule has 1 atom stereocenters. The molecule has 0 aromatic carbocycles. The van der Waals surface area contributed by atoms with Gasteiger partial charge in [0.1, 0.15) is 17.1 Å². The van der Waals surface area contributed by atoms with Crippen molar-refractivity contribution in [2.24, 2.45) is 5.92 Å². The fraction of sp³-hybridized carbons (Fsp3) is 0.579. The molecule has 1 fully saturated rings. The van der Waals surface area contributed by atoms with E-state index in [1.807, 2.05) is 43.2 Å². The summed E-state index contributed by atoms with van der Waals surface area (Å²) in [4.78, 5) is 25.7. The Labute approximate surface area is 154 Å². The van der Waals surface area contributed by atoms with Crippen molar-refractivity contribution >= 4 is 11.7 Å². The third-order valence-corrected chi connectivity index (χ3v) is 5.03. The van der Waals surface area contributed by atoms with E-state index in [1.165, 1.54) is 0 Å². The normalized spacial score (nSPS) is 17.8. The second-order valence-corrected chi connectivity index (χ2v) is 7.25. The second-order valence-electron chi connectivity index (χ2n) is 7.25. The van der Waals surface area contributed by atoms with Crippen molar-refractivity contribution in [3.05, 3.63) is 35.1 Å². The Morgan fingerprint density at radius 1 is 1.23 bits per heavy atom. The molecule has 7 nitrogen and oxygen atoms in total. The van der Waals surface area contributed by atoms with Gasteiger partial charge in [0.05, 0.1) is 23.8 Å². The molecule has 26 heavy (non-hydrogen) atoms. The molecule has 0 aliphatic carbocycles. The molecule has 0 N–H and O–H groups in total. The molecular formula is C19H27N5O2. The predicted molar refractivity (Wildman–Crippen MR) is 99.3 cm³/mol. The largest absolute Gasteiger partial charge is 0.361 e. The average molecular weight is 357 g/mol. The van der Waals surface area contributed by atoms with Crippen molar-refractivity contribution in [3.63, 3.8) is 0 Å². The number of amides is 1. The van der Waals surface area contributed by atoms with Crippen molar-refractivity contribution in [2.75, 3.05) is 32.1 Å². The molecule has 1 aliphatic heterocycles. The van der Waals surface area contributed by atoms with Crippen LogP contribution in [0.5, 0.6) is 0 Å². The number of likely N-dealkylation sites (tertiary alicyclic amines) is 1. The monoisotopic (exact) mass is 357 g/mol. The number of anilines is 1. The number of hydrogen-bond donors (Lipinski definition) is 0. The Balaban J connectivity index is 1.60. The minimum Gasteiger partial charge on any atom is -0.361 e. The Morgan fingerprint density at radius 2 is 2.04 bits per heavy atom. The molecule has 3 heterocycles. The molecule has 0 radical (unpaired) electrons. The Morgan fingerprint density at radius 3 is 2.65 bits per heavy atom.